The van der Waals surface area contributed by atoms with Gasteiger partial charge in [-0.15, -0.1) is 11.3 Å². The number of hydrogen-bond donors (Lipinski definition) is 1. The summed E-state index contributed by atoms with van der Waals surface area (Å²) in [6.07, 6.45) is 10.8. The van der Waals surface area contributed by atoms with Gasteiger partial charge in [-0.1, -0.05) is 49.6 Å². The van der Waals surface area contributed by atoms with Crippen molar-refractivity contribution in [3.05, 3.63) is 40.9 Å². The van der Waals surface area contributed by atoms with Crippen LogP contribution < -0.4 is 5.32 Å². The first-order chi connectivity index (χ1) is 11.4. The molecule has 1 fully saturated rings. The molecule has 0 aliphatic heterocycles. The van der Waals surface area contributed by atoms with Crippen molar-refractivity contribution in [2.45, 2.75) is 57.4 Å². The van der Waals surface area contributed by atoms with E-state index in [0.29, 0.717) is 6.04 Å². The van der Waals surface area contributed by atoms with Gasteiger partial charge in [-0.05, 0) is 44.6 Å². The average molecular weight is 327 g/mol. The Morgan fingerprint density at radius 1 is 1.00 bits per heavy atom. The third kappa shape index (κ3) is 3.51. The summed E-state index contributed by atoms with van der Waals surface area (Å²) in [7, 11) is 0. The van der Waals surface area contributed by atoms with Crippen molar-refractivity contribution in [2.75, 3.05) is 6.54 Å². The standard InChI is InChI=1S/C20H26N2S/c1-3-8-15(9-4-1)14-21-17-12-7-13-18-19(17)23-20(22-18)16-10-5-2-6-11-16/h2,5-6,10-11,15,17,21H,1,3-4,7-9,12-14H2. The Hall–Kier alpha value is -1.19. The number of fused-ring (bicyclic) bond motifs is 1. The summed E-state index contributed by atoms with van der Waals surface area (Å²) in [6.45, 7) is 1.20. The van der Waals surface area contributed by atoms with E-state index < -0.39 is 0 Å². The second-order valence-electron chi connectivity index (χ2n) is 7.05. The van der Waals surface area contributed by atoms with Crippen molar-refractivity contribution in [3.63, 3.8) is 0 Å². The van der Waals surface area contributed by atoms with Crippen LogP contribution >= 0.6 is 11.3 Å². The molecule has 1 atom stereocenters. The monoisotopic (exact) mass is 326 g/mol. The summed E-state index contributed by atoms with van der Waals surface area (Å²) < 4.78 is 0. The van der Waals surface area contributed by atoms with Gasteiger partial charge in [0.2, 0.25) is 0 Å². The number of thiazole rings is 1. The van der Waals surface area contributed by atoms with Gasteiger partial charge in [-0.25, -0.2) is 4.98 Å². The first kappa shape index (κ1) is 15.3. The van der Waals surface area contributed by atoms with Gasteiger partial charge in [0.1, 0.15) is 5.01 Å². The van der Waals surface area contributed by atoms with Crippen molar-refractivity contribution in [3.8, 4) is 10.6 Å². The molecule has 1 unspecified atom stereocenters. The maximum absolute atomic E-state index is 4.94. The largest absolute Gasteiger partial charge is 0.309 e. The molecule has 2 aliphatic rings. The van der Waals surface area contributed by atoms with Crippen LogP contribution in [0.5, 0.6) is 0 Å². The van der Waals surface area contributed by atoms with E-state index in [-0.39, 0.29) is 0 Å². The summed E-state index contributed by atoms with van der Waals surface area (Å²) in [5, 5.41) is 5.08. The van der Waals surface area contributed by atoms with Crippen LogP contribution in [0.3, 0.4) is 0 Å². The topological polar surface area (TPSA) is 24.9 Å². The number of nitrogens with one attached hydrogen (secondary N) is 1. The van der Waals surface area contributed by atoms with Crippen molar-refractivity contribution >= 4 is 11.3 Å². The number of nitrogens with zero attached hydrogens (tertiary/aromatic N) is 1. The Kier molecular flexibility index (Phi) is 4.77. The molecule has 0 amide bonds. The van der Waals surface area contributed by atoms with Gasteiger partial charge < -0.3 is 5.32 Å². The number of aryl methyl sites for hydroxylation is 1. The fraction of sp³-hybridized carbons (Fsp3) is 0.550. The maximum Gasteiger partial charge on any atom is 0.123 e. The fourth-order valence-corrected chi connectivity index (χ4v) is 5.25. The van der Waals surface area contributed by atoms with E-state index in [9.17, 15) is 0 Å². The van der Waals surface area contributed by atoms with Crippen molar-refractivity contribution in [1.82, 2.24) is 10.3 Å². The van der Waals surface area contributed by atoms with Crippen molar-refractivity contribution in [1.29, 1.82) is 0 Å². The molecule has 1 aromatic heterocycles. The van der Waals surface area contributed by atoms with Gasteiger partial charge in [0.25, 0.3) is 0 Å². The van der Waals surface area contributed by atoms with Crippen LogP contribution in [0.4, 0.5) is 0 Å². The lowest BCUT2D eigenvalue weighted by molar-refractivity contribution is 0.320. The zero-order valence-corrected chi connectivity index (χ0v) is 14.6. The van der Waals surface area contributed by atoms with E-state index in [1.165, 1.54) is 72.6 Å². The second kappa shape index (κ2) is 7.14. The molecule has 0 spiro atoms. The number of hydrogen-bond acceptors (Lipinski definition) is 3. The van der Waals surface area contributed by atoms with Gasteiger partial charge >= 0.3 is 0 Å². The van der Waals surface area contributed by atoms with Crippen LogP contribution in [0.1, 0.15) is 61.6 Å². The molecule has 0 radical (unpaired) electrons. The summed E-state index contributed by atoms with van der Waals surface area (Å²) in [5.41, 5.74) is 2.61. The van der Waals surface area contributed by atoms with Crippen molar-refractivity contribution in [2.24, 2.45) is 5.92 Å². The smallest absolute Gasteiger partial charge is 0.123 e. The van der Waals surface area contributed by atoms with Crippen LogP contribution in [0.2, 0.25) is 0 Å². The lowest BCUT2D eigenvalue weighted by Gasteiger charge is -2.27. The molecule has 2 aliphatic carbocycles. The highest BCUT2D eigenvalue weighted by Gasteiger charge is 2.25. The summed E-state index contributed by atoms with van der Waals surface area (Å²) in [5.74, 6) is 0.899. The Morgan fingerprint density at radius 3 is 2.65 bits per heavy atom. The minimum absolute atomic E-state index is 0.538. The average Bonchev–Trinajstić information content (AvgIpc) is 3.06. The number of benzene rings is 1. The highest BCUT2D eigenvalue weighted by molar-refractivity contribution is 7.15. The van der Waals surface area contributed by atoms with Crippen LogP contribution in [0.15, 0.2) is 30.3 Å². The van der Waals surface area contributed by atoms with Gasteiger partial charge in [0.15, 0.2) is 0 Å². The molecule has 2 aromatic rings. The molecule has 0 saturated heterocycles. The zero-order valence-electron chi connectivity index (χ0n) is 13.8. The lowest BCUT2D eigenvalue weighted by Crippen LogP contribution is -2.30. The van der Waals surface area contributed by atoms with Gasteiger partial charge in [-0.3, -0.25) is 0 Å². The van der Waals surface area contributed by atoms with Crippen molar-refractivity contribution < 1.29 is 0 Å². The van der Waals surface area contributed by atoms with E-state index in [4.69, 9.17) is 4.98 Å². The highest BCUT2D eigenvalue weighted by Crippen LogP contribution is 2.38. The predicted octanol–water partition coefficient (Wildman–Crippen LogP) is 5.36. The molecule has 1 N–H and O–H groups in total. The molecular weight excluding hydrogens is 300 g/mol. The molecular formula is C20H26N2S. The molecule has 1 heterocycles. The molecule has 23 heavy (non-hydrogen) atoms. The van der Waals surface area contributed by atoms with Gasteiger partial charge in [-0.2, -0.15) is 0 Å². The minimum atomic E-state index is 0.538. The summed E-state index contributed by atoms with van der Waals surface area (Å²) in [4.78, 5) is 6.45. The molecule has 122 valence electrons. The van der Waals surface area contributed by atoms with E-state index in [2.05, 4.69) is 35.6 Å². The molecule has 1 aromatic carbocycles. The maximum atomic E-state index is 4.94. The first-order valence-electron chi connectivity index (χ1n) is 9.18. The van der Waals surface area contributed by atoms with Crippen LogP contribution in [-0.2, 0) is 6.42 Å². The zero-order chi connectivity index (χ0) is 15.5. The van der Waals surface area contributed by atoms with Gasteiger partial charge in [0.05, 0.1) is 5.69 Å². The predicted molar refractivity (Wildman–Crippen MR) is 97.8 cm³/mol. The lowest BCUT2D eigenvalue weighted by atomic mass is 9.88. The molecule has 4 rings (SSSR count). The minimum Gasteiger partial charge on any atom is -0.309 e. The Balaban J connectivity index is 1.48. The van der Waals surface area contributed by atoms with Crippen LogP contribution in [0.25, 0.3) is 10.6 Å². The van der Waals surface area contributed by atoms with E-state index in [0.717, 1.165) is 12.3 Å². The molecule has 1 saturated carbocycles. The van der Waals surface area contributed by atoms with E-state index in [1.54, 1.807) is 0 Å². The molecule has 3 heteroatoms. The summed E-state index contributed by atoms with van der Waals surface area (Å²) >= 11 is 1.91. The first-order valence-corrected chi connectivity index (χ1v) is 10.0. The molecule has 0 bridgehead atoms. The SMILES string of the molecule is c1ccc(-c2nc3c(s2)C(NCC2CCCCC2)CCC3)cc1. The van der Waals surface area contributed by atoms with E-state index in [1.807, 2.05) is 11.3 Å². The third-order valence-electron chi connectivity index (χ3n) is 5.35. The highest BCUT2D eigenvalue weighted by atomic mass is 32.1. The second-order valence-corrected chi connectivity index (χ2v) is 8.08. The van der Waals surface area contributed by atoms with Gasteiger partial charge in [0, 0.05) is 16.5 Å². The third-order valence-corrected chi connectivity index (χ3v) is 6.61. The van der Waals surface area contributed by atoms with Crippen LogP contribution in [-0.4, -0.2) is 11.5 Å². The fourth-order valence-electron chi connectivity index (χ4n) is 4.02. The van der Waals surface area contributed by atoms with Crippen LogP contribution in [0, 0.1) is 5.92 Å². The number of rotatable bonds is 4. The Morgan fingerprint density at radius 2 is 1.83 bits per heavy atom. The Labute approximate surface area is 143 Å². The number of aromatic nitrogens is 1. The summed E-state index contributed by atoms with van der Waals surface area (Å²) in [6, 6.07) is 11.2. The Bertz CT molecular complexity index is 628. The quantitative estimate of drug-likeness (QED) is 0.818. The molecule has 2 nitrogen and oxygen atoms in total. The van der Waals surface area contributed by atoms with E-state index >= 15 is 0 Å². The normalized spacial score (nSPS) is 22.0.